The molecule has 1 heterocycles. The van der Waals surface area contributed by atoms with Crippen LogP contribution in [0.2, 0.25) is 0 Å². The predicted molar refractivity (Wildman–Crippen MR) is 79.4 cm³/mol. The molecule has 20 heavy (non-hydrogen) atoms. The second-order valence-corrected chi connectivity index (χ2v) is 6.75. The highest BCUT2D eigenvalue weighted by Crippen LogP contribution is 2.32. The second kappa shape index (κ2) is 7.04. The van der Waals surface area contributed by atoms with Crippen LogP contribution in [-0.4, -0.2) is 33.3 Å². The van der Waals surface area contributed by atoms with E-state index in [1.165, 1.54) is 0 Å². The first kappa shape index (κ1) is 15.3. The average molecular weight is 320 g/mol. The summed E-state index contributed by atoms with van der Waals surface area (Å²) in [7, 11) is -3.35. The van der Waals surface area contributed by atoms with Gasteiger partial charge >= 0.3 is 0 Å². The Bertz CT molecular complexity index is 547. The molecule has 0 saturated heterocycles. The number of halogens is 1. The molecule has 1 aliphatic rings. The number of rotatable bonds is 6. The number of sulfonamides is 1. The maximum atomic E-state index is 11.9. The highest BCUT2D eigenvalue weighted by Gasteiger charge is 2.14. The molecule has 112 valence electrons. The number of unbranched alkanes of at least 4 members (excludes halogenated alkanes) is 1. The number of fused-ring (bicyclic) bond motifs is 1. The van der Waals surface area contributed by atoms with E-state index in [0.29, 0.717) is 49.1 Å². The summed E-state index contributed by atoms with van der Waals surface area (Å²) in [5, 5.41) is 0. The Kier molecular flexibility index (Phi) is 5.37. The zero-order valence-electron chi connectivity index (χ0n) is 11.1. The lowest BCUT2D eigenvalue weighted by Gasteiger charge is -2.11. The maximum Gasteiger partial charge on any atom is 0.232 e. The van der Waals surface area contributed by atoms with Crippen molar-refractivity contribution in [1.82, 2.24) is 0 Å². The van der Waals surface area contributed by atoms with Crippen molar-refractivity contribution >= 4 is 27.3 Å². The van der Waals surface area contributed by atoms with Gasteiger partial charge in [-0.1, -0.05) is 0 Å². The van der Waals surface area contributed by atoms with Crippen LogP contribution in [0, 0.1) is 0 Å². The summed E-state index contributed by atoms with van der Waals surface area (Å²) in [5.41, 5.74) is 0.486. The molecule has 1 N–H and O–H groups in total. The lowest BCUT2D eigenvalue weighted by atomic mass is 10.3. The van der Waals surface area contributed by atoms with Gasteiger partial charge in [0, 0.05) is 18.4 Å². The molecule has 0 unspecified atom stereocenters. The molecule has 0 aromatic heterocycles. The summed E-state index contributed by atoms with van der Waals surface area (Å²) >= 11 is 5.54. The molecule has 0 radical (unpaired) electrons. The largest absolute Gasteiger partial charge is 0.490 e. The molecule has 1 aromatic carbocycles. The van der Waals surface area contributed by atoms with Crippen molar-refractivity contribution in [1.29, 1.82) is 0 Å². The van der Waals surface area contributed by atoms with Gasteiger partial charge in [-0.2, -0.15) is 0 Å². The third-order valence-electron chi connectivity index (χ3n) is 2.82. The van der Waals surface area contributed by atoms with Crippen molar-refractivity contribution in [3.05, 3.63) is 18.2 Å². The molecular formula is C13H18ClNO4S. The zero-order chi connectivity index (χ0) is 14.4. The van der Waals surface area contributed by atoms with E-state index < -0.39 is 10.0 Å². The van der Waals surface area contributed by atoms with Gasteiger partial charge in [-0.3, -0.25) is 4.72 Å². The molecule has 0 saturated carbocycles. The Morgan fingerprint density at radius 2 is 1.90 bits per heavy atom. The van der Waals surface area contributed by atoms with Crippen LogP contribution in [0.1, 0.15) is 19.3 Å². The Morgan fingerprint density at radius 3 is 2.65 bits per heavy atom. The highest BCUT2D eigenvalue weighted by atomic mass is 35.5. The molecule has 0 fully saturated rings. The van der Waals surface area contributed by atoms with Crippen molar-refractivity contribution in [2.24, 2.45) is 0 Å². The van der Waals surface area contributed by atoms with E-state index in [1.807, 2.05) is 0 Å². The molecule has 1 aromatic rings. The van der Waals surface area contributed by atoms with E-state index in [4.69, 9.17) is 21.1 Å². The number of anilines is 1. The molecule has 1 aliphatic heterocycles. The fourth-order valence-electron chi connectivity index (χ4n) is 1.84. The van der Waals surface area contributed by atoms with Crippen LogP contribution in [0.15, 0.2) is 18.2 Å². The van der Waals surface area contributed by atoms with E-state index >= 15 is 0 Å². The predicted octanol–water partition coefficient (Wildman–Crippen LogP) is 2.61. The zero-order valence-corrected chi connectivity index (χ0v) is 12.7. The summed E-state index contributed by atoms with van der Waals surface area (Å²) in [6, 6.07) is 5.05. The lowest BCUT2D eigenvalue weighted by Crippen LogP contribution is -2.16. The van der Waals surface area contributed by atoms with Crippen molar-refractivity contribution in [2.45, 2.75) is 19.3 Å². The van der Waals surface area contributed by atoms with Crippen LogP contribution in [0.3, 0.4) is 0 Å². The summed E-state index contributed by atoms with van der Waals surface area (Å²) in [6.07, 6.45) is 2.04. The van der Waals surface area contributed by atoms with Gasteiger partial charge < -0.3 is 9.47 Å². The molecule has 0 amide bonds. The number of ether oxygens (including phenoxy) is 2. The van der Waals surface area contributed by atoms with E-state index in [9.17, 15) is 8.42 Å². The minimum absolute atomic E-state index is 0.0637. The van der Waals surface area contributed by atoms with E-state index in [2.05, 4.69) is 4.72 Å². The second-order valence-electron chi connectivity index (χ2n) is 4.53. The fourth-order valence-corrected chi connectivity index (χ4v) is 3.21. The van der Waals surface area contributed by atoms with Gasteiger partial charge in [0.25, 0.3) is 0 Å². The topological polar surface area (TPSA) is 64.6 Å². The Balaban J connectivity index is 2.04. The summed E-state index contributed by atoms with van der Waals surface area (Å²) in [5.74, 6) is 1.75. The maximum absolute atomic E-state index is 11.9. The smallest absolute Gasteiger partial charge is 0.232 e. The molecule has 0 aliphatic carbocycles. The molecule has 0 bridgehead atoms. The van der Waals surface area contributed by atoms with Crippen LogP contribution < -0.4 is 14.2 Å². The Hall–Kier alpha value is -1.14. The highest BCUT2D eigenvalue weighted by molar-refractivity contribution is 7.92. The molecule has 7 heteroatoms. The minimum Gasteiger partial charge on any atom is -0.490 e. The van der Waals surface area contributed by atoms with Crippen LogP contribution in [0.4, 0.5) is 5.69 Å². The quantitative estimate of drug-likeness (QED) is 0.646. The van der Waals surface area contributed by atoms with Gasteiger partial charge in [-0.05, 0) is 25.0 Å². The van der Waals surface area contributed by atoms with Gasteiger partial charge in [0.2, 0.25) is 10.0 Å². The molecule has 0 spiro atoms. The normalized spacial score (nSPS) is 14.7. The van der Waals surface area contributed by atoms with Crippen LogP contribution in [-0.2, 0) is 10.0 Å². The average Bonchev–Trinajstić information content (AvgIpc) is 2.63. The third kappa shape index (κ3) is 4.45. The lowest BCUT2D eigenvalue weighted by molar-refractivity contribution is 0.297. The molecular weight excluding hydrogens is 302 g/mol. The fraction of sp³-hybridized carbons (Fsp3) is 0.538. The van der Waals surface area contributed by atoms with E-state index in [-0.39, 0.29) is 5.75 Å². The van der Waals surface area contributed by atoms with Gasteiger partial charge in [-0.15, -0.1) is 11.6 Å². The summed E-state index contributed by atoms with van der Waals surface area (Å²) in [4.78, 5) is 0. The van der Waals surface area contributed by atoms with Crippen molar-refractivity contribution < 1.29 is 17.9 Å². The number of hydrogen-bond donors (Lipinski definition) is 1. The first-order valence-electron chi connectivity index (χ1n) is 6.57. The third-order valence-corrected chi connectivity index (χ3v) is 4.46. The van der Waals surface area contributed by atoms with Crippen LogP contribution in [0.25, 0.3) is 0 Å². The van der Waals surface area contributed by atoms with E-state index in [0.717, 1.165) is 6.42 Å². The van der Waals surface area contributed by atoms with Gasteiger partial charge in [0.05, 0.1) is 24.7 Å². The first-order valence-corrected chi connectivity index (χ1v) is 8.75. The van der Waals surface area contributed by atoms with Gasteiger partial charge in [0.1, 0.15) is 0 Å². The summed E-state index contributed by atoms with van der Waals surface area (Å²) < 4.78 is 37.3. The Labute approximate surface area is 124 Å². The monoisotopic (exact) mass is 319 g/mol. The first-order chi connectivity index (χ1) is 9.61. The van der Waals surface area contributed by atoms with E-state index in [1.54, 1.807) is 18.2 Å². The summed E-state index contributed by atoms with van der Waals surface area (Å²) in [6.45, 7) is 1.18. The standard InChI is InChI=1S/C13H18ClNO4S/c14-6-1-2-9-20(16,17)15-11-4-5-12-13(10-11)19-8-3-7-18-12/h4-5,10,15H,1-3,6-9H2. The molecule has 0 atom stereocenters. The van der Waals surface area contributed by atoms with Crippen molar-refractivity contribution in [3.8, 4) is 11.5 Å². The number of alkyl halides is 1. The Morgan fingerprint density at radius 1 is 1.15 bits per heavy atom. The number of nitrogens with one attached hydrogen (secondary N) is 1. The number of benzene rings is 1. The van der Waals surface area contributed by atoms with Gasteiger partial charge in [-0.25, -0.2) is 8.42 Å². The SMILES string of the molecule is O=S(=O)(CCCCCl)Nc1ccc2c(c1)OCCCO2. The van der Waals surface area contributed by atoms with Gasteiger partial charge in [0.15, 0.2) is 11.5 Å². The van der Waals surface area contributed by atoms with Crippen molar-refractivity contribution in [2.75, 3.05) is 29.6 Å². The molecule has 2 rings (SSSR count). The van der Waals surface area contributed by atoms with Crippen molar-refractivity contribution in [3.63, 3.8) is 0 Å². The van der Waals surface area contributed by atoms with Crippen LogP contribution in [0.5, 0.6) is 11.5 Å². The molecule has 5 nitrogen and oxygen atoms in total. The van der Waals surface area contributed by atoms with Crippen LogP contribution >= 0.6 is 11.6 Å². The minimum atomic E-state index is -3.35. The number of hydrogen-bond acceptors (Lipinski definition) is 4.